The Labute approximate surface area is 104 Å². The minimum absolute atomic E-state index is 0.0484. The number of hydrogen-bond acceptors (Lipinski definition) is 6. The van der Waals surface area contributed by atoms with E-state index in [1.54, 1.807) is 0 Å². The maximum absolute atomic E-state index is 11.5. The van der Waals surface area contributed by atoms with E-state index < -0.39 is 11.9 Å². The van der Waals surface area contributed by atoms with Crippen LogP contribution in [0.4, 0.5) is 0 Å². The summed E-state index contributed by atoms with van der Waals surface area (Å²) in [6.45, 7) is 0.216. The molecule has 98 valence electrons. The summed E-state index contributed by atoms with van der Waals surface area (Å²) in [5, 5.41) is 0. The van der Waals surface area contributed by atoms with E-state index in [4.69, 9.17) is 19.9 Å². The first-order chi connectivity index (χ1) is 8.60. The van der Waals surface area contributed by atoms with Crippen molar-refractivity contribution >= 4 is 11.9 Å². The molecule has 0 saturated heterocycles. The first-order valence-electron chi connectivity index (χ1n) is 5.12. The monoisotopic (exact) mass is 254 g/mol. The number of methoxy groups -OCH3 is 2. The molecule has 0 aromatic carbocycles. The van der Waals surface area contributed by atoms with E-state index in [0.717, 1.165) is 0 Å². The molecule has 0 aliphatic rings. The van der Waals surface area contributed by atoms with Crippen LogP contribution in [0.5, 0.6) is 11.5 Å². The van der Waals surface area contributed by atoms with Crippen LogP contribution in [-0.2, 0) is 9.53 Å². The second-order valence-corrected chi connectivity index (χ2v) is 3.27. The van der Waals surface area contributed by atoms with Crippen LogP contribution in [0.25, 0.3) is 0 Å². The van der Waals surface area contributed by atoms with E-state index in [1.807, 2.05) is 0 Å². The lowest BCUT2D eigenvalue weighted by Crippen LogP contribution is -2.18. The first-order valence-corrected chi connectivity index (χ1v) is 5.12. The predicted molar refractivity (Wildman–Crippen MR) is 61.4 cm³/mol. The Morgan fingerprint density at radius 3 is 2.67 bits per heavy atom. The number of nitrogens with two attached hydrogens (primary N) is 1. The van der Waals surface area contributed by atoms with Crippen molar-refractivity contribution in [3.8, 4) is 11.5 Å². The number of esters is 1. The number of hydrogen-bond donors (Lipinski definition) is 1. The van der Waals surface area contributed by atoms with E-state index >= 15 is 0 Å². The van der Waals surface area contributed by atoms with E-state index in [2.05, 4.69) is 4.98 Å². The molecular formula is C11H14N2O5. The zero-order chi connectivity index (χ0) is 13.5. The lowest BCUT2D eigenvalue weighted by Gasteiger charge is -2.10. The van der Waals surface area contributed by atoms with Crippen molar-refractivity contribution in [2.75, 3.05) is 20.8 Å². The summed E-state index contributed by atoms with van der Waals surface area (Å²) >= 11 is 0. The number of rotatable bonds is 6. The fraction of sp³-hybridized carbons (Fsp3) is 0.364. The zero-order valence-electron chi connectivity index (χ0n) is 10.1. The van der Waals surface area contributed by atoms with Gasteiger partial charge in [0.1, 0.15) is 0 Å². The molecule has 1 amide bonds. The summed E-state index contributed by atoms with van der Waals surface area (Å²) in [5.41, 5.74) is 4.99. The third-order valence-electron chi connectivity index (χ3n) is 2.05. The van der Waals surface area contributed by atoms with E-state index in [1.165, 1.54) is 26.5 Å². The molecule has 7 nitrogen and oxygen atoms in total. The number of ether oxygens (including phenoxy) is 3. The van der Waals surface area contributed by atoms with Gasteiger partial charge in [0, 0.05) is 19.4 Å². The second-order valence-electron chi connectivity index (χ2n) is 3.27. The van der Waals surface area contributed by atoms with Gasteiger partial charge in [-0.2, -0.15) is 0 Å². The lowest BCUT2D eigenvalue weighted by atomic mass is 10.3. The van der Waals surface area contributed by atoms with Gasteiger partial charge < -0.3 is 19.9 Å². The lowest BCUT2D eigenvalue weighted by molar-refractivity contribution is -0.135. The highest BCUT2D eigenvalue weighted by atomic mass is 16.6. The molecule has 0 saturated carbocycles. The molecule has 0 aliphatic heterocycles. The van der Waals surface area contributed by atoms with E-state index in [9.17, 15) is 9.59 Å². The molecular weight excluding hydrogens is 240 g/mol. The molecule has 0 radical (unpaired) electrons. The van der Waals surface area contributed by atoms with Gasteiger partial charge in [-0.25, -0.2) is 4.98 Å². The van der Waals surface area contributed by atoms with Crippen molar-refractivity contribution < 1.29 is 23.8 Å². The fourth-order valence-corrected chi connectivity index (χ4v) is 1.22. The van der Waals surface area contributed by atoms with Crippen molar-refractivity contribution in [1.29, 1.82) is 0 Å². The highest BCUT2D eigenvalue weighted by Gasteiger charge is 2.19. The van der Waals surface area contributed by atoms with Crippen molar-refractivity contribution in [1.82, 2.24) is 4.98 Å². The maximum atomic E-state index is 11.5. The zero-order valence-corrected chi connectivity index (χ0v) is 10.1. The van der Waals surface area contributed by atoms with Gasteiger partial charge in [-0.3, -0.25) is 9.59 Å². The van der Waals surface area contributed by atoms with Crippen molar-refractivity contribution in [2.45, 2.75) is 6.42 Å². The molecule has 0 bridgehead atoms. The van der Waals surface area contributed by atoms with E-state index in [0.29, 0.717) is 0 Å². The number of primary amides is 1. The average molecular weight is 254 g/mol. The molecule has 1 rings (SSSR count). The highest BCUT2D eigenvalue weighted by molar-refractivity contribution is 5.95. The number of pyridine rings is 1. The number of nitrogens with zero attached hydrogens (tertiary/aromatic N) is 1. The van der Waals surface area contributed by atoms with E-state index in [-0.39, 0.29) is 30.2 Å². The quantitative estimate of drug-likeness (QED) is 0.724. The molecule has 0 aliphatic carbocycles. The summed E-state index contributed by atoms with van der Waals surface area (Å²) in [4.78, 5) is 26.4. The minimum atomic E-state index is -0.802. The summed E-state index contributed by atoms with van der Waals surface area (Å²) in [7, 11) is 2.85. The number of aromatic nitrogens is 1. The van der Waals surface area contributed by atoms with Crippen molar-refractivity contribution in [2.24, 2.45) is 5.73 Å². The van der Waals surface area contributed by atoms with Gasteiger partial charge in [0.2, 0.25) is 5.75 Å². The van der Waals surface area contributed by atoms with Crippen LogP contribution in [0.15, 0.2) is 12.3 Å². The smallest absolute Gasteiger partial charge is 0.313 e. The largest absolute Gasteiger partial charge is 0.493 e. The molecule has 1 aromatic rings. The van der Waals surface area contributed by atoms with Crippen molar-refractivity contribution in [3.05, 3.63) is 18.0 Å². The molecule has 0 fully saturated rings. The Balaban J connectivity index is 2.97. The maximum Gasteiger partial charge on any atom is 0.313 e. The first kappa shape index (κ1) is 13.9. The number of carbonyl (C=O) groups excluding carboxylic acids is 2. The molecule has 0 spiro atoms. The third-order valence-corrected chi connectivity index (χ3v) is 2.05. The summed E-state index contributed by atoms with van der Waals surface area (Å²) < 4.78 is 14.8. The Kier molecular flexibility index (Phi) is 5.06. The molecule has 18 heavy (non-hydrogen) atoms. The van der Waals surface area contributed by atoms with Crippen molar-refractivity contribution in [3.63, 3.8) is 0 Å². The Morgan fingerprint density at radius 2 is 2.11 bits per heavy atom. The van der Waals surface area contributed by atoms with Gasteiger partial charge in [0.05, 0.1) is 20.1 Å². The molecule has 0 unspecified atom stereocenters. The van der Waals surface area contributed by atoms with Crippen LogP contribution in [0, 0.1) is 0 Å². The van der Waals surface area contributed by atoms with Crippen LogP contribution in [0.3, 0.4) is 0 Å². The minimum Gasteiger partial charge on any atom is -0.493 e. The molecule has 1 heterocycles. The van der Waals surface area contributed by atoms with Gasteiger partial charge in [-0.15, -0.1) is 0 Å². The Hall–Kier alpha value is -2.15. The summed E-state index contributed by atoms with van der Waals surface area (Å²) in [5.74, 6) is -1.23. The Morgan fingerprint density at radius 1 is 1.39 bits per heavy atom. The Bertz CT molecular complexity index is 447. The number of carbonyl (C=O) groups is 2. The molecule has 1 aromatic heterocycles. The van der Waals surface area contributed by atoms with Crippen LogP contribution in [0.1, 0.15) is 16.9 Å². The van der Waals surface area contributed by atoms with Gasteiger partial charge in [0.15, 0.2) is 11.4 Å². The number of amides is 1. The average Bonchev–Trinajstić information content (AvgIpc) is 2.36. The van der Waals surface area contributed by atoms with Gasteiger partial charge >= 0.3 is 5.97 Å². The van der Waals surface area contributed by atoms with Gasteiger partial charge in [0.25, 0.3) is 5.91 Å². The van der Waals surface area contributed by atoms with Crippen LogP contribution < -0.4 is 15.2 Å². The molecule has 2 N–H and O–H groups in total. The highest BCUT2D eigenvalue weighted by Crippen LogP contribution is 2.29. The standard InChI is InChI=1S/C11H14N2O5/c1-16-6-4-8(14)18-10-7(17-2)3-5-13-9(10)11(12)15/h3,5H,4,6H2,1-2H3,(H2,12,15). The molecule has 7 heteroatoms. The SMILES string of the molecule is COCCC(=O)Oc1c(OC)ccnc1C(N)=O. The summed E-state index contributed by atoms with van der Waals surface area (Å²) in [6, 6.07) is 1.46. The topological polar surface area (TPSA) is 101 Å². The molecule has 0 atom stereocenters. The van der Waals surface area contributed by atoms with Gasteiger partial charge in [-0.05, 0) is 0 Å². The van der Waals surface area contributed by atoms with Crippen LogP contribution >= 0.6 is 0 Å². The predicted octanol–water partition coefficient (Wildman–Crippen LogP) is 0.131. The third kappa shape index (κ3) is 3.42. The normalized spacial score (nSPS) is 9.89. The van der Waals surface area contributed by atoms with Crippen LogP contribution in [-0.4, -0.2) is 37.7 Å². The van der Waals surface area contributed by atoms with Gasteiger partial charge in [-0.1, -0.05) is 0 Å². The summed E-state index contributed by atoms with van der Waals surface area (Å²) in [6.07, 6.45) is 1.39. The second kappa shape index (κ2) is 6.55. The van der Waals surface area contributed by atoms with Crippen LogP contribution in [0.2, 0.25) is 0 Å². The fourth-order valence-electron chi connectivity index (χ4n) is 1.22.